The molecule has 0 aliphatic carbocycles. The summed E-state index contributed by atoms with van der Waals surface area (Å²) in [5.74, 6) is -1.53. The molecule has 3 rings (SSSR count). The Labute approximate surface area is 140 Å². The maximum Gasteiger partial charge on any atom is 0.273 e. The van der Waals surface area contributed by atoms with Gasteiger partial charge in [0.25, 0.3) is 5.91 Å². The zero-order chi connectivity index (χ0) is 17.3. The van der Waals surface area contributed by atoms with Gasteiger partial charge in [-0.2, -0.15) is 5.10 Å². The number of benzene rings is 1. The van der Waals surface area contributed by atoms with E-state index in [0.29, 0.717) is 15.8 Å². The average Bonchev–Trinajstić information content (AvgIpc) is 3.15. The lowest BCUT2D eigenvalue weighted by Crippen LogP contribution is -2.39. The summed E-state index contributed by atoms with van der Waals surface area (Å²) in [5, 5.41) is 16.7. The molecular weight excluding hydrogens is 335 g/mol. The second-order valence-corrected chi connectivity index (χ2v) is 6.25. The Morgan fingerprint density at radius 2 is 2.04 bits per heavy atom. The first kappa shape index (κ1) is 16.0. The van der Waals surface area contributed by atoms with Gasteiger partial charge in [0, 0.05) is 6.42 Å². The fourth-order valence-corrected chi connectivity index (χ4v) is 2.80. The van der Waals surface area contributed by atoms with Crippen molar-refractivity contribution in [1.82, 2.24) is 10.2 Å². The third-order valence-corrected chi connectivity index (χ3v) is 4.09. The largest absolute Gasteiger partial charge is 0.368 e. The second kappa shape index (κ2) is 6.32. The van der Waals surface area contributed by atoms with E-state index in [-0.39, 0.29) is 12.1 Å². The zero-order valence-corrected chi connectivity index (χ0v) is 13.4. The quantitative estimate of drug-likeness (QED) is 0.857. The third kappa shape index (κ3) is 3.23. The van der Waals surface area contributed by atoms with Crippen LogP contribution in [-0.4, -0.2) is 33.8 Å². The first-order chi connectivity index (χ1) is 11.4. The van der Waals surface area contributed by atoms with Crippen molar-refractivity contribution >= 4 is 39.7 Å². The van der Waals surface area contributed by atoms with E-state index >= 15 is 0 Å². The monoisotopic (exact) mass is 348 g/mol. The van der Waals surface area contributed by atoms with Gasteiger partial charge in [0.05, 0.1) is 5.69 Å². The number of nitrogens with one attached hydrogen (secondary N) is 1. The van der Waals surface area contributed by atoms with Crippen molar-refractivity contribution in [3.8, 4) is 0 Å². The fraction of sp³-hybridized carbons (Fsp3) is 0.214. The molecule has 10 heteroatoms. The molecule has 0 spiro atoms. The molecule has 0 saturated carbocycles. The van der Waals surface area contributed by atoms with Crippen LogP contribution in [0.3, 0.4) is 0 Å². The van der Waals surface area contributed by atoms with Gasteiger partial charge in [0.1, 0.15) is 22.6 Å². The number of primary amides is 1. The van der Waals surface area contributed by atoms with E-state index < -0.39 is 23.7 Å². The lowest BCUT2D eigenvalue weighted by Gasteiger charge is -2.20. The van der Waals surface area contributed by atoms with Crippen molar-refractivity contribution in [2.45, 2.75) is 19.4 Å². The number of hydrogen-bond donors (Lipinski definition) is 2. The van der Waals surface area contributed by atoms with E-state index in [1.807, 2.05) is 0 Å². The van der Waals surface area contributed by atoms with Crippen LogP contribution in [0, 0.1) is 12.7 Å². The second-order valence-electron chi connectivity index (χ2n) is 5.07. The molecule has 24 heavy (non-hydrogen) atoms. The molecule has 2 aromatic rings. The van der Waals surface area contributed by atoms with Crippen molar-refractivity contribution < 1.29 is 14.0 Å². The third-order valence-electron chi connectivity index (χ3n) is 3.34. The zero-order valence-electron chi connectivity index (χ0n) is 12.6. The van der Waals surface area contributed by atoms with Gasteiger partial charge in [-0.15, -0.1) is 10.2 Å². The SMILES string of the molecule is Cc1nnc(NC(=O)C2=NN(c3ccc(F)cc3)[C@H](C(N)=O)C2)s1. The first-order valence-corrected chi connectivity index (χ1v) is 7.79. The summed E-state index contributed by atoms with van der Waals surface area (Å²) in [5.41, 5.74) is 6.00. The summed E-state index contributed by atoms with van der Waals surface area (Å²) in [6.45, 7) is 1.76. The molecule has 2 heterocycles. The minimum Gasteiger partial charge on any atom is -0.368 e. The molecule has 0 saturated heterocycles. The molecule has 0 fully saturated rings. The molecule has 1 aliphatic heterocycles. The van der Waals surface area contributed by atoms with Gasteiger partial charge >= 0.3 is 0 Å². The van der Waals surface area contributed by atoms with Crippen LogP contribution >= 0.6 is 11.3 Å². The van der Waals surface area contributed by atoms with Crippen molar-refractivity contribution in [3.05, 3.63) is 35.1 Å². The predicted molar refractivity (Wildman–Crippen MR) is 87.2 cm³/mol. The fourth-order valence-electron chi connectivity index (χ4n) is 2.22. The molecule has 0 unspecified atom stereocenters. The van der Waals surface area contributed by atoms with Crippen LogP contribution in [0.25, 0.3) is 0 Å². The lowest BCUT2D eigenvalue weighted by atomic mass is 10.1. The molecule has 3 N–H and O–H groups in total. The number of anilines is 2. The topological polar surface area (TPSA) is 114 Å². The highest BCUT2D eigenvalue weighted by molar-refractivity contribution is 7.15. The lowest BCUT2D eigenvalue weighted by molar-refractivity contribution is -0.119. The number of carbonyl (C=O) groups excluding carboxylic acids is 2. The molecule has 124 valence electrons. The van der Waals surface area contributed by atoms with Crippen LogP contribution in [0.15, 0.2) is 29.4 Å². The first-order valence-electron chi connectivity index (χ1n) is 6.97. The molecule has 2 amide bonds. The van der Waals surface area contributed by atoms with E-state index in [9.17, 15) is 14.0 Å². The summed E-state index contributed by atoms with van der Waals surface area (Å²) >= 11 is 1.22. The summed E-state index contributed by atoms with van der Waals surface area (Å²) in [6.07, 6.45) is 0.0519. The van der Waals surface area contributed by atoms with Crippen molar-refractivity contribution in [3.63, 3.8) is 0 Å². The molecule has 1 aromatic carbocycles. The number of aromatic nitrogens is 2. The summed E-state index contributed by atoms with van der Waals surface area (Å²) in [6, 6.07) is 4.59. The van der Waals surface area contributed by atoms with Crippen LogP contribution in [0.4, 0.5) is 15.2 Å². The Hall–Kier alpha value is -2.88. The van der Waals surface area contributed by atoms with Gasteiger partial charge in [-0.1, -0.05) is 11.3 Å². The van der Waals surface area contributed by atoms with E-state index in [2.05, 4.69) is 20.6 Å². The van der Waals surface area contributed by atoms with Crippen molar-refractivity contribution in [1.29, 1.82) is 0 Å². The number of aryl methyl sites for hydroxylation is 1. The summed E-state index contributed by atoms with van der Waals surface area (Å²) in [4.78, 5) is 23.9. The van der Waals surface area contributed by atoms with Crippen LogP contribution < -0.4 is 16.1 Å². The van der Waals surface area contributed by atoms with E-state index in [1.54, 1.807) is 6.92 Å². The van der Waals surface area contributed by atoms with Crippen LogP contribution in [0.2, 0.25) is 0 Å². The highest BCUT2D eigenvalue weighted by Crippen LogP contribution is 2.25. The molecule has 1 aromatic heterocycles. The number of amides is 2. The number of halogens is 1. The van der Waals surface area contributed by atoms with E-state index in [1.165, 1.54) is 40.6 Å². The number of hydrazone groups is 1. The molecule has 8 nitrogen and oxygen atoms in total. The molecule has 0 radical (unpaired) electrons. The predicted octanol–water partition coefficient (Wildman–Crippen LogP) is 1.04. The standard InChI is InChI=1S/C14H13FN6O2S/c1-7-18-19-14(24-7)17-13(23)10-6-11(12(16)22)21(20-10)9-4-2-8(15)3-5-9/h2-5,11H,6H2,1H3,(H2,16,22)(H,17,19,23)/t11-/m0/s1. The van der Waals surface area contributed by atoms with Crippen molar-refractivity contribution in [2.75, 3.05) is 10.3 Å². The van der Waals surface area contributed by atoms with Gasteiger partial charge in [-0.05, 0) is 31.2 Å². The summed E-state index contributed by atoms with van der Waals surface area (Å²) in [7, 11) is 0. The van der Waals surface area contributed by atoms with E-state index in [4.69, 9.17) is 5.73 Å². The smallest absolute Gasteiger partial charge is 0.273 e. The average molecular weight is 348 g/mol. The van der Waals surface area contributed by atoms with Gasteiger partial charge in [-0.3, -0.25) is 19.9 Å². The summed E-state index contributed by atoms with van der Waals surface area (Å²) < 4.78 is 13.1. The molecular formula is C14H13FN6O2S. The van der Waals surface area contributed by atoms with Gasteiger partial charge in [-0.25, -0.2) is 4.39 Å². The number of carbonyl (C=O) groups is 2. The Bertz CT molecular complexity index is 819. The Morgan fingerprint density at radius 1 is 1.33 bits per heavy atom. The Kier molecular flexibility index (Phi) is 4.21. The highest BCUT2D eigenvalue weighted by Gasteiger charge is 2.35. The highest BCUT2D eigenvalue weighted by atomic mass is 32.1. The minimum atomic E-state index is -0.813. The molecule has 1 aliphatic rings. The normalized spacial score (nSPS) is 16.8. The molecule has 0 bridgehead atoms. The number of hydrogen-bond acceptors (Lipinski definition) is 7. The number of nitrogens with two attached hydrogens (primary N) is 1. The van der Waals surface area contributed by atoms with Crippen LogP contribution in [0.5, 0.6) is 0 Å². The number of nitrogens with zero attached hydrogens (tertiary/aromatic N) is 4. The van der Waals surface area contributed by atoms with Crippen molar-refractivity contribution in [2.24, 2.45) is 10.8 Å². The van der Waals surface area contributed by atoms with Gasteiger partial charge in [0.2, 0.25) is 11.0 Å². The minimum absolute atomic E-state index is 0.0519. The van der Waals surface area contributed by atoms with Crippen LogP contribution in [-0.2, 0) is 9.59 Å². The van der Waals surface area contributed by atoms with Gasteiger partial charge < -0.3 is 5.73 Å². The maximum atomic E-state index is 13.1. The van der Waals surface area contributed by atoms with Gasteiger partial charge in [0.15, 0.2) is 0 Å². The Balaban J connectivity index is 1.83. The number of rotatable bonds is 4. The molecule has 1 atom stereocenters. The van der Waals surface area contributed by atoms with E-state index in [0.717, 1.165) is 0 Å². The van der Waals surface area contributed by atoms with Crippen LogP contribution in [0.1, 0.15) is 11.4 Å². The maximum absolute atomic E-state index is 13.1. The Morgan fingerprint density at radius 3 is 2.62 bits per heavy atom.